The lowest BCUT2D eigenvalue weighted by Gasteiger charge is -2.34. The van der Waals surface area contributed by atoms with Crippen LogP contribution in [0.5, 0.6) is 5.75 Å². The van der Waals surface area contributed by atoms with Crippen LogP contribution in [0.4, 0.5) is 16.2 Å². The lowest BCUT2D eigenvalue weighted by molar-refractivity contribution is 0.0446. The van der Waals surface area contributed by atoms with Crippen molar-refractivity contribution >= 4 is 33.7 Å². The zero-order valence-electron chi connectivity index (χ0n) is 24.7. The molecule has 0 unspecified atom stereocenters. The molecule has 2 aromatic heterocycles. The van der Waals surface area contributed by atoms with Gasteiger partial charge in [0.1, 0.15) is 22.6 Å². The molecule has 0 spiro atoms. The van der Waals surface area contributed by atoms with E-state index in [-0.39, 0.29) is 30.0 Å². The summed E-state index contributed by atoms with van der Waals surface area (Å²) in [6.45, 7) is 10.9. The van der Waals surface area contributed by atoms with E-state index in [9.17, 15) is 9.50 Å². The van der Waals surface area contributed by atoms with Gasteiger partial charge < -0.3 is 35.5 Å². The molecule has 1 saturated heterocycles. The number of rotatable bonds is 12. The summed E-state index contributed by atoms with van der Waals surface area (Å²) in [5.41, 5.74) is 11.0. The van der Waals surface area contributed by atoms with Crippen molar-refractivity contribution < 1.29 is 19.0 Å². The molecule has 0 amide bonds. The number of methoxy groups -OCH3 is 1. The molecule has 1 aliphatic heterocycles. The SMILES string of the molecule is C=C(CO)[C@H](CCC)Nc1nc(N)nc2c3cc(F)ccc3n(Cc3cc(CNC4(C)CCOCC4)ccc3OC)c12. The van der Waals surface area contributed by atoms with Crippen molar-refractivity contribution in [1.29, 1.82) is 0 Å². The summed E-state index contributed by atoms with van der Waals surface area (Å²) in [5.74, 6) is 0.964. The first kappa shape index (κ1) is 29.8. The number of hydrogen-bond acceptors (Lipinski definition) is 8. The van der Waals surface area contributed by atoms with E-state index in [4.69, 9.17) is 15.2 Å². The minimum Gasteiger partial charge on any atom is -0.496 e. The smallest absolute Gasteiger partial charge is 0.222 e. The number of nitrogen functional groups attached to an aromatic ring is 1. The molecule has 3 heterocycles. The Morgan fingerprint density at radius 2 is 2.02 bits per heavy atom. The van der Waals surface area contributed by atoms with Gasteiger partial charge in [-0.25, -0.2) is 9.37 Å². The number of nitrogens with two attached hydrogens (primary N) is 1. The summed E-state index contributed by atoms with van der Waals surface area (Å²) in [6.07, 6.45) is 3.55. The van der Waals surface area contributed by atoms with Crippen LogP contribution >= 0.6 is 0 Å². The van der Waals surface area contributed by atoms with Crippen LogP contribution in [-0.2, 0) is 17.8 Å². The normalized spacial score (nSPS) is 15.6. The Labute approximate surface area is 245 Å². The molecule has 1 atom stereocenters. The quantitative estimate of drug-likeness (QED) is 0.171. The van der Waals surface area contributed by atoms with Crippen molar-refractivity contribution in [3.63, 3.8) is 0 Å². The van der Waals surface area contributed by atoms with Crippen LogP contribution in [0.3, 0.4) is 0 Å². The van der Waals surface area contributed by atoms with Crippen LogP contribution in [0.1, 0.15) is 50.7 Å². The van der Waals surface area contributed by atoms with Crippen LogP contribution in [0, 0.1) is 5.82 Å². The number of anilines is 2. The zero-order chi connectivity index (χ0) is 29.9. The van der Waals surface area contributed by atoms with E-state index >= 15 is 0 Å². The highest BCUT2D eigenvalue weighted by molar-refractivity contribution is 6.09. The van der Waals surface area contributed by atoms with Gasteiger partial charge in [0.25, 0.3) is 0 Å². The molecule has 5 rings (SSSR count). The number of ether oxygens (including phenoxy) is 2. The summed E-state index contributed by atoms with van der Waals surface area (Å²) in [5, 5.41) is 17.7. The Morgan fingerprint density at radius 1 is 1.24 bits per heavy atom. The van der Waals surface area contributed by atoms with Gasteiger partial charge in [-0.1, -0.05) is 26.0 Å². The highest BCUT2D eigenvalue weighted by atomic mass is 19.1. The van der Waals surface area contributed by atoms with Crippen molar-refractivity contribution in [2.24, 2.45) is 0 Å². The number of nitrogens with one attached hydrogen (secondary N) is 2. The van der Waals surface area contributed by atoms with Gasteiger partial charge in [0.05, 0.1) is 31.8 Å². The molecule has 5 N–H and O–H groups in total. The third kappa shape index (κ3) is 6.21. The Bertz CT molecular complexity index is 1580. The van der Waals surface area contributed by atoms with Gasteiger partial charge in [0.2, 0.25) is 5.95 Å². The van der Waals surface area contributed by atoms with Crippen LogP contribution in [0.15, 0.2) is 48.6 Å². The van der Waals surface area contributed by atoms with Gasteiger partial charge >= 0.3 is 0 Å². The Morgan fingerprint density at radius 3 is 2.74 bits per heavy atom. The molecule has 9 nitrogen and oxygen atoms in total. The topological polar surface area (TPSA) is 119 Å². The molecule has 0 saturated carbocycles. The van der Waals surface area contributed by atoms with Crippen molar-refractivity contribution in [2.75, 3.05) is 38.0 Å². The van der Waals surface area contributed by atoms with E-state index in [0.29, 0.717) is 40.9 Å². The number of aliphatic hydroxyl groups is 1. The average Bonchev–Trinajstić information content (AvgIpc) is 3.28. The Balaban J connectivity index is 1.60. The van der Waals surface area contributed by atoms with Crippen molar-refractivity contribution in [3.05, 3.63) is 65.5 Å². The molecule has 1 fully saturated rings. The lowest BCUT2D eigenvalue weighted by atomic mass is 9.92. The first-order chi connectivity index (χ1) is 20.2. The summed E-state index contributed by atoms with van der Waals surface area (Å²) >= 11 is 0. The molecule has 0 radical (unpaired) electrons. The van der Waals surface area contributed by atoms with Gasteiger partial charge in [-0.05, 0) is 67.7 Å². The van der Waals surface area contributed by atoms with Crippen molar-refractivity contribution in [3.8, 4) is 5.75 Å². The third-order valence-electron chi connectivity index (χ3n) is 8.25. The van der Waals surface area contributed by atoms with Crippen LogP contribution in [0.2, 0.25) is 0 Å². The van der Waals surface area contributed by atoms with Crippen molar-refractivity contribution in [2.45, 2.75) is 64.2 Å². The third-order valence-corrected chi connectivity index (χ3v) is 8.25. The number of aromatic nitrogens is 3. The number of hydrogen-bond donors (Lipinski definition) is 4. The van der Waals surface area contributed by atoms with Crippen LogP contribution in [-0.4, -0.2) is 58.2 Å². The summed E-state index contributed by atoms with van der Waals surface area (Å²) in [6, 6.07) is 10.7. The summed E-state index contributed by atoms with van der Waals surface area (Å²) in [7, 11) is 1.66. The maximum atomic E-state index is 14.5. The molecule has 42 heavy (non-hydrogen) atoms. The minimum absolute atomic E-state index is 0.0285. The van der Waals surface area contributed by atoms with Crippen molar-refractivity contribution in [1.82, 2.24) is 19.9 Å². The zero-order valence-corrected chi connectivity index (χ0v) is 24.7. The maximum Gasteiger partial charge on any atom is 0.222 e. The minimum atomic E-state index is -0.363. The highest BCUT2D eigenvalue weighted by Gasteiger charge is 2.27. The fourth-order valence-electron chi connectivity index (χ4n) is 5.73. The number of fused-ring (bicyclic) bond motifs is 3. The largest absolute Gasteiger partial charge is 0.496 e. The van der Waals surface area contributed by atoms with Gasteiger partial charge in [-0.15, -0.1) is 0 Å². The van der Waals surface area contributed by atoms with E-state index in [1.54, 1.807) is 13.2 Å². The van der Waals surface area contributed by atoms with Gasteiger partial charge in [0.15, 0.2) is 5.82 Å². The maximum absolute atomic E-state index is 14.5. The number of benzene rings is 2. The van der Waals surface area contributed by atoms with Gasteiger partial charge in [0, 0.05) is 36.2 Å². The van der Waals surface area contributed by atoms with E-state index in [1.165, 1.54) is 12.1 Å². The molecule has 1 aliphatic rings. The van der Waals surface area contributed by atoms with E-state index in [0.717, 1.165) is 61.3 Å². The van der Waals surface area contributed by atoms with Gasteiger partial charge in [-0.2, -0.15) is 4.98 Å². The monoisotopic (exact) mass is 576 g/mol. The predicted molar refractivity (Wildman–Crippen MR) is 165 cm³/mol. The fraction of sp³-hybridized carbons (Fsp3) is 0.438. The first-order valence-corrected chi connectivity index (χ1v) is 14.5. The number of halogens is 1. The lowest BCUT2D eigenvalue weighted by Crippen LogP contribution is -2.46. The first-order valence-electron chi connectivity index (χ1n) is 14.5. The van der Waals surface area contributed by atoms with E-state index < -0.39 is 0 Å². The molecule has 2 aromatic carbocycles. The number of nitrogens with zero attached hydrogens (tertiary/aromatic N) is 3. The second kappa shape index (κ2) is 12.6. The average molecular weight is 577 g/mol. The molecule has 0 aliphatic carbocycles. The second-order valence-electron chi connectivity index (χ2n) is 11.3. The van der Waals surface area contributed by atoms with Gasteiger partial charge in [-0.3, -0.25) is 0 Å². The van der Waals surface area contributed by atoms with E-state index in [1.807, 2.05) is 6.07 Å². The number of aliphatic hydroxyl groups excluding tert-OH is 1. The molecule has 4 aromatic rings. The standard InChI is InChI=1S/C32H41FN6O3/c1-5-6-25(20(2)19-40)36-30-29-28(37-31(34)38-30)24-16-23(33)8-9-26(24)39(29)18-22-15-21(7-10-27(22)41-4)17-35-32(3)11-13-42-14-12-32/h7-10,15-16,25,35,40H,2,5-6,11-14,17-19H2,1,3-4H3,(H3,34,36,37,38)/t25-/m0/s1. The molecular weight excluding hydrogens is 535 g/mol. The molecule has 224 valence electrons. The molecular formula is C32H41FN6O3. The Hall–Kier alpha value is -3.73. The predicted octanol–water partition coefficient (Wildman–Crippen LogP) is 5.15. The molecule has 10 heteroatoms. The second-order valence-corrected chi connectivity index (χ2v) is 11.3. The Kier molecular flexibility index (Phi) is 8.96. The van der Waals surface area contributed by atoms with Crippen LogP contribution < -0.4 is 21.1 Å². The summed E-state index contributed by atoms with van der Waals surface area (Å²) < 4.78 is 27.9. The fourth-order valence-corrected chi connectivity index (χ4v) is 5.73. The van der Waals surface area contributed by atoms with Crippen LogP contribution in [0.25, 0.3) is 21.9 Å². The molecule has 0 bridgehead atoms. The highest BCUT2D eigenvalue weighted by Crippen LogP contribution is 2.35. The summed E-state index contributed by atoms with van der Waals surface area (Å²) in [4.78, 5) is 9.13. The van der Waals surface area contributed by atoms with E-state index in [2.05, 4.69) is 57.7 Å².